The van der Waals surface area contributed by atoms with Gasteiger partial charge in [-0.15, -0.1) is 0 Å². The van der Waals surface area contributed by atoms with Crippen molar-refractivity contribution in [2.24, 2.45) is 11.8 Å². The van der Waals surface area contributed by atoms with Gasteiger partial charge in [-0.3, -0.25) is 9.69 Å². The fourth-order valence-electron chi connectivity index (χ4n) is 5.72. The molecule has 2 saturated heterocycles. The maximum absolute atomic E-state index is 12.4. The topological polar surface area (TPSA) is 32.8 Å². The van der Waals surface area contributed by atoms with Crippen LogP contribution in [-0.2, 0) is 17.6 Å². The lowest BCUT2D eigenvalue weighted by Gasteiger charge is -2.31. The molecule has 1 amide bonds. The minimum Gasteiger partial charge on any atom is -0.497 e. The van der Waals surface area contributed by atoms with E-state index in [1.807, 2.05) is 12.1 Å². The highest BCUT2D eigenvalue weighted by Gasteiger charge is 2.49. The van der Waals surface area contributed by atoms with Crippen molar-refractivity contribution in [2.45, 2.75) is 31.8 Å². The van der Waals surface area contributed by atoms with Gasteiger partial charge in [-0.05, 0) is 47.6 Å². The Morgan fingerprint density at radius 3 is 2.25 bits per heavy atom. The number of fused-ring (bicyclic) bond motifs is 2. The number of hydrogen-bond donors (Lipinski definition) is 0. The fourth-order valence-corrected chi connectivity index (χ4v) is 5.72. The number of hydrogen-bond acceptors (Lipinski definition) is 3. The molecule has 0 radical (unpaired) electrons. The Morgan fingerprint density at radius 2 is 1.64 bits per heavy atom. The van der Waals surface area contributed by atoms with E-state index in [0.29, 0.717) is 17.9 Å². The Bertz CT molecular complexity index is 853. The fraction of sp³-hybridized carbons (Fsp3) is 0.458. The van der Waals surface area contributed by atoms with Gasteiger partial charge in [0.25, 0.3) is 0 Å². The largest absolute Gasteiger partial charge is 0.497 e. The summed E-state index contributed by atoms with van der Waals surface area (Å²) < 4.78 is 5.32. The first-order valence-electron chi connectivity index (χ1n) is 10.4. The summed E-state index contributed by atoms with van der Waals surface area (Å²) in [5.41, 5.74) is 4.27. The number of ether oxygens (including phenoxy) is 1. The number of benzene rings is 2. The van der Waals surface area contributed by atoms with Gasteiger partial charge >= 0.3 is 0 Å². The molecule has 0 unspecified atom stereocenters. The Labute approximate surface area is 167 Å². The van der Waals surface area contributed by atoms with E-state index >= 15 is 0 Å². The molecule has 0 aromatic heterocycles. The summed E-state index contributed by atoms with van der Waals surface area (Å²) in [7, 11) is 1.69. The van der Waals surface area contributed by atoms with Crippen LogP contribution in [0.4, 0.5) is 0 Å². The van der Waals surface area contributed by atoms with E-state index in [0.717, 1.165) is 25.4 Å². The van der Waals surface area contributed by atoms with E-state index in [1.54, 1.807) is 14.0 Å². The number of carbonyl (C=O) groups excluding carboxylic acids is 1. The lowest BCUT2D eigenvalue weighted by atomic mass is 9.89. The van der Waals surface area contributed by atoms with E-state index < -0.39 is 0 Å². The van der Waals surface area contributed by atoms with Crippen LogP contribution in [0.5, 0.6) is 5.75 Å². The maximum Gasteiger partial charge on any atom is 0.219 e. The molecule has 3 aliphatic rings. The molecule has 4 nitrogen and oxygen atoms in total. The van der Waals surface area contributed by atoms with E-state index in [9.17, 15) is 4.79 Å². The molecule has 2 heterocycles. The molecule has 0 bridgehead atoms. The number of likely N-dealkylation sites (tertiary alicyclic amines) is 2. The molecule has 0 spiro atoms. The van der Waals surface area contributed by atoms with Crippen LogP contribution in [-0.4, -0.2) is 48.5 Å². The predicted octanol–water partition coefficient (Wildman–Crippen LogP) is 3.31. The van der Waals surface area contributed by atoms with Gasteiger partial charge in [0.1, 0.15) is 5.75 Å². The third-order valence-corrected chi connectivity index (χ3v) is 7.10. The number of carbonyl (C=O) groups is 1. The van der Waals surface area contributed by atoms with Crippen molar-refractivity contribution in [3.8, 4) is 5.75 Å². The van der Waals surface area contributed by atoms with Crippen LogP contribution >= 0.6 is 0 Å². The highest BCUT2D eigenvalue weighted by Crippen LogP contribution is 2.46. The van der Waals surface area contributed by atoms with Gasteiger partial charge < -0.3 is 9.64 Å². The molecular formula is C24H28N2O2. The molecule has 0 N–H and O–H groups in total. The highest BCUT2D eigenvalue weighted by atomic mass is 16.5. The van der Waals surface area contributed by atoms with Gasteiger partial charge in [0, 0.05) is 38.5 Å². The third-order valence-electron chi connectivity index (χ3n) is 7.10. The van der Waals surface area contributed by atoms with Gasteiger partial charge in [-0.2, -0.15) is 0 Å². The van der Waals surface area contributed by atoms with Gasteiger partial charge in [-0.25, -0.2) is 0 Å². The van der Waals surface area contributed by atoms with Crippen LogP contribution in [0, 0.1) is 11.8 Å². The second-order valence-electron chi connectivity index (χ2n) is 8.60. The minimum absolute atomic E-state index is 0.183. The van der Waals surface area contributed by atoms with Crippen LogP contribution in [0.1, 0.15) is 29.7 Å². The normalized spacial score (nSPS) is 27.1. The van der Waals surface area contributed by atoms with Crippen molar-refractivity contribution in [2.75, 3.05) is 26.7 Å². The van der Waals surface area contributed by atoms with Crippen molar-refractivity contribution >= 4 is 5.91 Å². The molecule has 146 valence electrons. The summed E-state index contributed by atoms with van der Waals surface area (Å²) in [5.74, 6) is 2.14. The molecule has 2 aliphatic heterocycles. The van der Waals surface area contributed by atoms with Gasteiger partial charge in [-0.1, -0.05) is 36.4 Å². The summed E-state index contributed by atoms with van der Waals surface area (Å²) in [5, 5.41) is 0. The maximum atomic E-state index is 12.4. The van der Waals surface area contributed by atoms with E-state index in [-0.39, 0.29) is 11.9 Å². The summed E-state index contributed by atoms with van der Waals surface area (Å²) in [6.45, 7) is 4.79. The predicted molar refractivity (Wildman–Crippen MR) is 109 cm³/mol. The van der Waals surface area contributed by atoms with E-state index in [2.05, 4.69) is 46.2 Å². The van der Waals surface area contributed by atoms with Crippen molar-refractivity contribution in [1.29, 1.82) is 0 Å². The first kappa shape index (κ1) is 17.7. The van der Waals surface area contributed by atoms with Crippen molar-refractivity contribution < 1.29 is 9.53 Å². The zero-order valence-corrected chi connectivity index (χ0v) is 16.7. The smallest absolute Gasteiger partial charge is 0.219 e. The third kappa shape index (κ3) is 2.91. The second kappa shape index (κ2) is 6.93. The van der Waals surface area contributed by atoms with Crippen molar-refractivity contribution in [1.82, 2.24) is 9.80 Å². The molecule has 0 saturated carbocycles. The molecule has 4 heteroatoms. The monoisotopic (exact) mass is 376 g/mol. The molecule has 28 heavy (non-hydrogen) atoms. The Morgan fingerprint density at radius 1 is 0.964 bits per heavy atom. The Balaban J connectivity index is 1.37. The lowest BCUT2D eigenvalue weighted by molar-refractivity contribution is -0.130. The summed E-state index contributed by atoms with van der Waals surface area (Å²) in [6, 6.07) is 18.0. The van der Waals surface area contributed by atoms with Gasteiger partial charge in [0.05, 0.1) is 13.2 Å². The summed E-state index contributed by atoms with van der Waals surface area (Å²) in [6.07, 6.45) is 2.33. The first-order valence-corrected chi connectivity index (χ1v) is 10.4. The van der Waals surface area contributed by atoms with Gasteiger partial charge in [0.2, 0.25) is 5.91 Å². The highest BCUT2D eigenvalue weighted by molar-refractivity contribution is 5.74. The van der Waals surface area contributed by atoms with E-state index in [4.69, 9.17) is 4.74 Å². The van der Waals surface area contributed by atoms with Crippen LogP contribution in [0.2, 0.25) is 0 Å². The van der Waals surface area contributed by atoms with E-state index in [1.165, 1.54) is 29.5 Å². The summed E-state index contributed by atoms with van der Waals surface area (Å²) in [4.78, 5) is 17.2. The minimum atomic E-state index is 0.183. The summed E-state index contributed by atoms with van der Waals surface area (Å²) >= 11 is 0. The molecule has 5 rings (SSSR count). The average Bonchev–Trinajstić information content (AvgIpc) is 3.39. The number of amides is 1. The molecule has 3 atom stereocenters. The number of methoxy groups -OCH3 is 1. The molecule has 1 aliphatic carbocycles. The SMILES string of the molecule is COc1ccc([C@H]2[C@@H]3CN(C4Cc5ccccc5C4)C[C@@H]3CN2C(C)=O)cc1. The zero-order chi connectivity index (χ0) is 19.3. The number of nitrogens with zero attached hydrogens (tertiary/aromatic N) is 2. The van der Waals surface area contributed by atoms with Crippen LogP contribution in [0.3, 0.4) is 0 Å². The van der Waals surface area contributed by atoms with Gasteiger partial charge in [0.15, 0.2) is 0 Å². The standard InChI is InChI=1S/C24H28N2O2/c1-16(27)26-14-20-13-25(21-11-18-5-3-4-6-19(18)12-21)15-23(20)24(26)17-7-9-22(28-2)10-8-17/h3-10,20-21,23-24H,11-15H2,1-2H3/t20-,23-,24+/m1/s1. The van der Waals surface area contributed by atoms with Crippen molar-refractivity contribution in [3.63, 3.8) is 0 Å². The first-order chi connectivity index (χ1) is 13.6. The molecular weight excluding hydrogens is 348 g/mol. The Kier molecular flexibility index (Phi) is 4.39. The van der Waals surface area contributed by atoms with Crippen LogP contribution in [0.25, 0.3) is 0 Å². The molecule has 2 aromatic carbocycles. The average molecular weight is 377 g/mol. The quantitative estimate of drug-likeness (QED) is 0.824. The van der Waals surface area contributed by atoms with Crippen LogP contribution < -0.4 is 4.74 Å². The lowest BCUT2D eigenvalue weighted by Crippen LogP contribution is -2.38. The Hall–Kier alpha value is -2.33. The second-order valence-corrected chi connectivity index (χ2v) is 8.60. The van der Waals surface area contributed by atoms with Crippen molar-refractivity contribution in [3.05, 3.63) is 65.2 Å². The molecule has 2 aromatic rings. The number of rotatable bonds is 3. The van der Waals surface area contributed by atoms with Crippen LogP contribution in [0.15, 0.2) is 48.5 Å². The molecule has 2 fully saturated rings. The zero-order valence-electron chi connectivity index (χ0n) is 16.7.